The normalized spacial score (nSPS) is 12.5. The van der Waals surface area contributed by atoms with Gasteiger partial charge in [-0.3, -0.25) is 0 Å². The predicted octanol–water partition coefficient (Wildman–Crippen LogP) is 2.59. The van der Waals surface area contributed by atoms with Crippen molar-refractivity contribution in [1.82, 2.24) is 0 Å². The van der Waals surface area contributed by atoms with Crippen LogP contribution in [0.5, 0.6) is 5.75 Å². The van der Waals surface area contributed by atoms with Gasteiger partial charge in [-0.2, -0.15) is 11.8 Å². The Balaban J connectivity index is 2.69. The van der Waals surface area contributed by atoms with Crippen LogP contribution in [-0.4, -0.2) is 26.6 Å². The summed E-state index contributed by atoms with van der Waals surface area (Å²) in [6, 6.07) is 6.20. The number of ether oxygens (including phenoxy) is 2. The minimum atomic E-state index is 0.0589. The SMILES string of the molecule is COCCSCc1cc(C(C)N)ccc1OC. The maximum Gasteiger partial charge on any atom is 0.122 e. The Morgan fingerprint density at radius 2 is 2.12 bits per heavy atom. The van der Waals surface area contributed by atoms with Crippen LogP contribution >= 0.6 is 11.8 Å². The predicted molar refractivity (Wildman–Crippen MR) is 73.6 cm³/mol. The summed E-state index contributed by atoms with van der Waals surface area (Å²) < 4.78 is 10.4. The molecule has 1 aromatic carbocycles. The van der Waals surface area contributed by atoms with Gasteiger partial charge in [-0.25, -0.2) is 0 Å². The monoisotopic (exact) mass is 255 g/mol. The lowest BCUT2D eigenvalue weighted by Gasteiger charge is -2.12. The van der Waals surface area contributed by atoms with E-state index in [-0.39, 0.29) is 6.04 Å². The molecule has 1 rings (SSSR count). The Bertz CT molecular complexity index is 342. The fourth-order valence-electron chi connectivity index (χ4n) is 1.52. The summed E-state index contributed by atoms with van der Waals surface area (Å²) in [7, 11) is 3.42. The van der Waals surface area contributed by atoms with Crippen LogP contribution in [0.15, 0.2) is 18.2 Å². The van der Waals surface area contributed by atoms with Crippen LogP contribution in [0.2, 0.25) is 0 Å². The van der Waals surface area contributed by atoms with E-state index in [1.54, 1.807) is 14.2 Å². The molecule has 0 spiro atoms. The van der Waals surface area contributed by atoms with E-state index in [1.165, 1.54) is 5.56 Å². The van der Waals surface area contributed by atoms with Crippen LogP contribution in [0.3, 0.4) is 0 Å². The molecule has 0 saturated carbocycles. The lowest BCUT2D eigenvalue weighted by atomic mass is 10.1. The first-order valence-corrected chi connectivity index (χ1v) is 6.83. The second kappa shape index (κ2) is 7.58. The number of hydrogen-bond donors (Lipinski definition) is 1. The smallest absolute Gasteiger partial charge is 0.122 e. The van der Waals surface area contributed by atoms with E-state index in [4.69, 9.17) is 15.2 Å². The molecule has 0 saturated heterocycles. The minimum absolute atomic E-state index is 0.0589. The summed E-state index contributed by atoms with van der Waals surface area (Å²) in [5, 5.41) is 0. The quantitative estimate of drug-likeness (QED) is 0.761. The molecule has 1 unspecified atom stereocenters. The summed E-state index contributed by atoms with van der Waals surface area (Å²) in [6.07, 6.45) is 0. The summed E-state index contributed by atoms with van der Waals surface area (Å²) in [5.41, 5.74) is 8.23. The number of benzene rings is 1. The van der Waals surface area contributed by atoms with E-state index in [2.05, 4.69) is 6.07 Å². The first-order chi connectivity index (χ1) is 8.19. The number of nitrogens with two attached hydrogens (primary N) is 1. The zero-order chi connectivity index (χ0) is 12.7. The molecule has 2 N–H and O–H groups in total. The molecule has 0 aliphatic rings. The fourth-order valence-corrected chi connectivity index (χ4v) is 2.39. The van der Waals surface area contributed by atoms with Gasteiger partial charge in [0.25, 0.3) is 0 Å². The van der Waals surface area contributed by atoms with Crippen molar-refractivity contribution in [2.24, 2.45) is 5.73 Å². The lowest BCUT2D eigenvalue weighted by Crippen LogP contribution is -2.06. The Kier molecular flexibility index (Phi) is 6.40. The zero-order valence-corrected chi connectivity index (χ0v) is 11.5. The van der Waals surface area contributed by atoms with Crippen LogP contribution in [0.25, 0.3) is 0 Å². The summed E-state index contributed by atoms with van der Waals surface area (Å²) in [6.45, 7) is 2.77. The first kappa shape index (κ1) is 14.4. The molecule has 0 aliphatic heterocycles. The van der Waals surface area contributed by atoms with Gasteiger partial charge in [0.1, 0.15) is 5.75 Å². The molecule has 0 aliphatic carbocycles. The van der Waals surface area contributed by atoms with Gasteiger partial charge in [0.2, 0.25) is 0 Å². The molecule has 0 radical (unpaired) electrons. The van der Waals surface area contributed by atoms with Crippen molar-refractivity contribution in [3.63, 3.8) is 0 Å². The molecular formula is C13H21NO2S. The van der Waals surface area contributed by atoms with Gasteiger partial charge in [-0.05, 0) is 24.6 Å². The van der Waals surface area contributed by atoms with Crippen LogP contribution in [0.1, 0.15) is 24.1 Å². The number of rotatable bonds is 7. The van der Waals surface area contributed by atoms with Crippen LogP contribution in [0.4, 0.5) is 0 Å². The number of thioether (sulfide) groups is 1. The van der Waals surface area contributed by atoms with E-state index in [0.29, 0.717) is 0 Å². The van der Waals surface area contributed by atoms with Crippen molar-refractivity contribution in [1.29, 1.82) is 0 Å². The van der Waals surface area contributed by atoms with Gasteiger partial charge in [-0.1, -0.05) is 6.07 Å². The Labute approximate surface area is 108 Å². The zero-order valence-electron chi connectivity index (χ0n) is 10.7. The van der Waals surface area contributed by atoms with Gasteiger partial charge < -0.3 is 15.2 Å². The average Bonchev–Trinajstić information content (AvgIpc) is 2.34. The van der Waals surface area contributed by atoms with Gasteiger partial charge in [0.05, 0.1) is 13.7 Å². The molecule has 96 valence electrons. The molecule has 1 aromatic rings. The van der Waals surface area contributed by atoms with Crippen LogP contribution in [0, 0.1) is 0 Å². The second-order valence-corrected chi connectivity index (χ2v) is 5.01. The standard InChI is InChI=1S/C13H21NO2S/c1-10(14)11-4-5-13(16-3)12(8-11)9-17-7-6-15-2/h4-5,8,10H,6-7,9,14H2,1-3H3. The van der Waals surface area contributed by atoms with Gasteiger partial charge in [0.15, 0.2) is 0 Å². The van der Waals surface area contributed by atoms with E-state index in [9.17, 15) is 0 Å². The highest BCUT2D eigenvalue weighted by atomic mass is 32.2. The second-order valence-electron chi connectivity index (χ2n) is 3.91. The van der Waals surface area contributed by atoms with Crippen molar-refractivity contribution in [2.45, 2.75) is 18.7 Å². The van der Waals surface area contributed by atoms with Crippen molar-refractivity contribution < 1.29 is 9.47 Å². The summed E-state index contributed by atoms with van der Waals surface area (Å²) in [5.74, 6) is 2.84. The highest BCUT2D eigenvalue weighted by Crippen LogP contribution is 2.26. The molecule has 0 aromatic heterocycles. The molecule has 0 fully saturated rings. The third-order valence-electron chi connectivity index (χ3n) is 2.52. The highest BCUT2D eigenvalue weighted by Gasteiger charge is 2.07. The van der Waals surface area contributed by atoms with Gasteiger partial charge >= 0.3 is 0 Å². The van der Waals surface area contributed by atoms with Crippen LogP contribution in [-0.2, 0) is 10.5 Å². The Morgan fingerprint density at radius 3 is 2.71 bits per heavy atom. The Hall–Kier alpha value is -0.710. The lowest BCUT2D eigenvalue weighted by molar-refractivity contribution is 0.218. The van der Waals surface area contributed by atoms with Gasteiger partial charge in [0, 0.05) is 30.2 Å². The first-order valence-electron chi connectivity index (χ1n) is 5.68. The molecule has 17 heavy (non-hydrogen) atoms. The van der Waals surface area contributed by atoms with Crippen molar-refractivity contribution in [3.05, 3.63) is 29.3 Å². The van der Waals surface area contributed by atoms with Gasteiger partial charge in [-0.15, -0.1) is 0 Å². The van der Waals surface area contributed by atoms with E-state index in [1.807, 2.05) is 30.8 Å². The van der Waals surface area contributed by atoms with E-state index in [0.717, 1.165) is 29.4 Å². The summed E-state index contributed by atoms with van der Waals surface area (Å²) in [4.78, 5) is 0. The Morgan fingerprint density at radius 1 is 1.35 bits per heavy atom. The van der Waals surface area contributed by atoms with Crippen molar-refractivity contribution in [2.75, 3.05) is 26.6 Å². The molecule has 3 nitrogen and oxygen atoms in total. The topological polar surface area (TPSA) is 44.5 Å². The summed E-state index contributed by atoms with van der Waals surface area (Å²) >= 11 is 1.84. The van der Waals surface area contributed by atoms with Crippen molar-refractivity contribution in [3.8, 4) is 5.75 Å². The number of hydrogen-bond acceptors (Lipinski definition) is 4. The molecular weight excluding hydrogens is 234 g/mol. The van der Waals surface area contributed by atoms with Crippen molar-refractivity contribution >= 4 is 11.8 Å². The maximum absolute atomic E-state index is 5.88. The molecule has 0 bridgehead atoms. The van der Waals surface area contributed by atoms with E-state index >= 15 is 0 Å². The average molecular weight is 255 g/mol. The largest absolute Gasteiger partial charge is 0.496 e. The van der Waals surface area contributed by atoms with Crippen LogP contribution < -0.4 is 10.5 Å². The fraction of sp³-hybridized carbons (Fsp3) is 0.538. The number of methoxy groups -OCH3 is 2. The molecule has 4 heteroatoms. The minimum Gasteiger partial charge on any atom is -0.496 e. The third kappa shape index (κ3) is 4.58. The highest BCUT2D eigenvalue weighted by molar-refractivity contribution is 7.98. The van der Waals surface area contributed by atoms with E-state index < -0.39 is 0 Å². The molecule has 0 heterocycles. The third-order valence-corrected chi connectivity index (χ3v) is 3.49. The molecule has 1 atom stereocenters. The molecule has 0 amide bonds. The maximum atomic E-state index is 5.88.